The molecule has 0 aliphatic rings. The summed E-state index contributed by atoms with van der Waals surface area (Å²) in [5, 5.41) is 0. The van der Waals surface area contributed by atoms with Crippen molar-refractivity contribution in [2.24, 2.45) is 11.7 Å². The predicted molar refractivity (Wildman–Crippen MR) is 54.9 cm³/mol. The smallest absolute Gasteiger partial charge is 0.759 e. The van der Waals surface area contributed by atoms with Gasteiger partial charge in [-0.15, -0.1) is 0 Å². The monoisotopic (exact) mass is 392 g/mol. The molecule has 6 N–H and O–H groups in total. The quantitative estimate of drug-likeness (QED) is 0.127. The normalized spacial score (nSPS) is 9.00. The first-order chi connectivity index (χ1) is 7.00. The van der Waals surface area contributed by atoms with Crippen LogP contribution >= 0.6 is 0 Å². The SMILES string of the molecule is NN.O.O=S(=O)([O-])[O-].O=S(=O)([O-])[O-].O=S(=O)([O-])[O-].[Al+3].[Al+3]. The van der Waals surface area contributed by atoms with Gasteiger partial charge < -0.3 is 32.8 Å². The summed E-state index contributed by atoms with van der Waals surface area (Å²) < 4.78 is 102. The van der Waals surface area contributed by atoms with Gasteiger partial charge in [-0.05, 0) is 0 Å². The van der Waals surface area contributed by atoms with Crippen LogP contribution in [0.25, 0.3) is 0 Å². The number of hydrogen-bond donors (Lipinski definition) is 2. The van der Waals surface area contributed by atoms with E-state index in [4.69, 9.17) is 52.6 Å². The Kier molecular flexibility index (Phi) is 41.8. The van der Waals surface area contributed by atoms with Crippen molar-refractivity contribution in [1.82, 2.24) is 0 Å². The van der Waals surface area contributed by atoms with Crippen molar-refractivity contribution in [2.75, 3.05) is 0 Å². The first-order valence-corrected chi connectivity index (χ1v) is 6.33. The third kappa shape index (κ3) is 18600. The van der Waals surface area contributed by atoms with Crippen molar-refractivity contribution in [3.63, 3.8) is 0 Å². The van der Waals surface area contributed by atoms with Crippen LogP contribution in [0.2, 0.25) is 0 Å². The Morgan fingerprint density at radius 1 is 0.500 bits per heavy atom. The van der Waals surface area contributed by atoms with Crippen molar-refractivity contribution < 1.29 is 58.0 Å². The van der Waals surface area contributed by atoms with Gasteiger partial charge in [0.1, 0.15) is 0 Å². The molecule has 0 aromatic carbocycles. The number of rotatable bonds is 0. The van der Waals surface area contributed by atoms with Crippen molar-refractivity contribution in [2.45, 2.75) is 0 Å². The summed E-state index contributed by atoms with van der Waals surface area (Å²) in [7, 11) is -15.5. The molecule has 0 saturated heterocycles. The molecule has 0 amide bonds. The van der Waals surface area contributed by atoms with Gasteiger partial charge in [0.15, 0.2) is 0 Å². The van der Waals surface area contributed by atoms with E-state index in [-0.39, 0.29) is 40.2 Å². The van der Waals surface area contributed by atoms with Crippen LogP contribution in [-0.4, -0.2) is 92.8 Å². The minimum Gasteiger partial charge on any atom is -0.759 e. The van der Waals surface area contributed by atoms with Gasteiger partial charge in [0, 0.05) is 31.2 Å². The second kappa shape index (κ2) is 19.6. The zero-order chi connectivity index (χ0) is 15.5. The van der Waals surface area contributed by atoms with E-state index in [0.717, 1.165) is 0 Å². The minimum atomic E-state index is -5.17. The molecule has 0 heterocycles. The van der Waals surface area contributed by atoms with E-state index in [1.54, 1.807) is 0 Å². The van der Waals surface area contributed by atoms with Crippen LogP contribution in [-0.2, 0) is 31.2 Å². The molecule has 0 aliphatic carbocycles. The van der Waals surface area contributed by atoms with Crippen LogP contribution < -0.4 is 11.7 Å². The summed E-state index contributed by atoms with van der Waals surface area (Å²) >= 11 is 0. The van der Waals surface area contributed by atoms with Gasteiger partial charge in [-0.25, -0.2) is 0 Å². The summed E-state index contributed by atoms with van der Waals surface area (Å²) in [6, 6.07) is 0. The molecule has 0 bridgehead atoms. The summed E-state index contributed by atoms with van der Waals surface area (Å²) in [5.74, 6) is 8.00. The van der Waals surface area contributed by atoms with Gasteiger partial charge in [0.25, 0.3) is 0 Å². The Morgan fingerprint density at radius 2 is 0.500 bits per heavy atom. The van der Waals surface area contributed by atoms with Crippen LogP contribution in [0, 0.1) is 0 Å². The predicted octanol–water partition coefficient (Wildman–Crippen LogP) is -6.78. The van der Waals surface area contributed by atoms with E-state index in [1.807, 2.05) is 0 Å². The molecule has 0 aromatic heterocycles. The van der Waals surface area contributed by atoms with Crippen LogP contribution in [0.3, 0.4) is 0 Å². The molecule has 0 unspecified atom stereocenters. The number of hydrazine groups is 1. The molecule has 0 saturated carbocycles. The maximum absolute atomic E-state index is 8.52. The zero-order valence-corrected chi connectivity index (χ0v) is 13.7. The van der Waals surface area contributed by atoms with Crippen LogP contribution in [0.4, 0.5) is 0 Å². The Hall–Kier alpha value is 0.555. The fraction of sp³-hybridized carbons (Fsp3) is 0. The Morgan fingerprint density at radius 3 is 0.500 bits per heavy atom. The average Bonchev–Trinajstić information content (AvgIpc) is 1.77. The van der Waals surface area contributed by atoms with Gasteiger partial charge in [-0.1, -0.05) is 0 Å². The van der Waals surface area contributed by atoms with E-state index in [9.17, 15) is 0 Å². The van der Waals surface area contributed by atoms with E-state index < -0.39 is 31.2 Å². The standard InChI is InChI=1S/2Al.H4N2.3H2O4S.H2O/c;;1-2;3*1-5(2,3)4;/h;;1-2H2;3*(H2,1,2,3,4);1H2/q2*+3;;;;;/p-6. The fourth-order valence-corrected chi connectivity index (χ4v) is 0. The maximum atomic E-state index is 8.52. The van der Waals surface area contributed by atoms with E-state index >= 15 is 0 Å². The second-order valence-electron chi connectivity index (χ2n) is 1.22. The fourth-order valence-electron chi connectivity index (χ4n) is 0. The number of hydrogen-bond acceptors (Lipinski definition) is 14. The molecule has 20 heteroatoms. The third-order valence-corrected chi connectivity index (χ3v) is 0. The van der Waals surface area contributed by atoms with Crippen LogP contribution in [0.1, 0.15) is 0 Å². The molecule has 0 spiro atoms. The van der Waals surface area contributed by atoms with Gasteiger partial charge in [0.2, 0.25) is 0 Å². The van der Waals surface area contributed by atoms with Crippen molar-refractivity contribution >= 4 is 65.9 Å². The van der Waals surface area contributed by atoms with E-state index in [1.165, 1.54) is 0 Å². The molecule has 0 atom stereocenters. The molecular formula is H6Al2N2O13S3. The van der Waals surface area contributed by atoms with E-state index in [2.05, 4.69) is 11.7 Å². The third-order valence-electron chi connectivity index (χ3n) is 0. The average molecular weight is 392 g/mol. The molecule has 0 fully saturated rings. The minimum absolute atomic E-state index is 0. The molecule has 0 aliphatic heterocycles. The van der Waals surface area contributed by atoms with Gasteiger partial charge in [-0.3, -0.25) is 36.9 Å². The first-order valence-electron chi connectivity index (χ1n) is 2.33. The topological polar surface area (TPSA) is 324 Å². The van der Waals surface area contributed by atoms with Gasteiger partial charge in [0.05, 0.1) is 0 Å². The zero-order valence-electron chi connectivity index (χ0n) is 8.93. The van der Waals surface area contributed by atoms with Crippen LogP contribution in [0.5, 0.6) is 0 Å². The maximum Gasteiger partial charge on any atom is 3.00 e. The largest absolute Gasteiger partial charge is 3.00 e. The van der Waals surface area contributed by atoms with Crippen molar-refractivity contribution in [3.8, 4) is 0 Å². The summed E-state index contributed by atoms with van der Waals surface area (Å²) in [4.78, 5) is 0. The summed E-state index contributed by atoms with van der Waals surface area (Å²) in [6.45, 7) is 0. The molecule has 0 aromatic rings. The summed E-state index contributed by atoms with van der Waals surface area (Å²) in [6.07, 6.45) is 0. The molecule has 0 rings (SSSR count). The molecule has 20 heavy (non-hydrogen) atoms. The first kappa shape index (κ1) is 42.8. The van der Waals surface area contributed by atoms with Gasteiger partial charge >= 0.3 is 34.7 Å². The molecule has 0 radical (unpaired) electrons. The summed E-state index contributed by atoms with van der Waals surface area (Å²) in [5.41, 5.74) is 0. The van der Waals surface area contributed by atoms with Crippen molar-refractivity contribution in [1.29, 1.82) is 0 Å². The molecule has 118 valence electrons. The molecular weight excluding hydrogens is 386 g/mol. The molecule has 15 nitrogen and oxygen atoms in total. The van der Waals surface area contributed by atoms with Gasteiger partial charge in [-0.2, -0.15) is 0 Å². The Labute approximate surface area is 135 Å². The second-order valence-corrected chi connectivity index (χ2v) is 3.67. The Balaban J connectivity index is -0.0000000222. The van der Waals surface area contributed by atoms with Crippen molar-refractivity contribution in [3.05, 3.63) is 0 Å². The van der Waals surface area contributed by atoms with E-state index in [0.29, 0.717) is 0 Å². The number of nitrogens with two attached hydrogens (primary N) is 2. The Bertz CT molecular complexity index is 351. The van der Waals surface area contributed by atoms with Crippen LogP contribution in [0.15, 0.2) is 0 Å².